The summed E-state index contributed by atoms with van der Waals surface area (Å²) in [6.45, 7) is 4.83. The quantitative estimate of drug-likeness (QED) is 0.890. The number of halogens is 2. The normalized spacial score (nSPS) is 13.1. The number of hydrogen-bond donors (Lipinski definition) is 1. The van der Waals surface area contributed by atoms with Crippen molar-refractivity contribution in [2.24, 2.45) is 5.92 Å². The number of hydrogen-bond acceptors (Lipinski definition) is 3. The zero-order valence-electron chi connectivity index (χ0n) is 12.1. The summed E-state index contributed by atoms with van der Waals surface area (Å²) in [5.41, 5.74) is 0.377. The van der Waals surface area contributed by atoms with E-state index < -0.39 is 12.5 Å². The van der Waals surface area contributed by atoms with Gasteiger partial charge in [0, 0.05) is 18.5 Å². The molecule has 1 unspecified atom stereocenters. The van der Waals surface area contributed by atoms with E-state index >= 15 is 0 Å². The summed E-state index contributed by atoms with van der Waals surface area (Å²) in [5.74, 6) is 1.06. The number of aliphatic hydroxyl groups excluding tert-OH is 1. The third kappa shape index (κ3) is 4.07. The summed E-state index contributed by atoms with van der Waals surface area (Å²) < 4.78 is 27.1. The lowest BCUT2D eigenvalue weighted by Crippen LogP contribution is -2.13. The fourth-order valence-electron chi connectivity index (χ4n) is 2.14. The number of benzene rings is 1. The molecule has 0 amide bonds. The summed E-state index contributed by atoms with van der Waals surface area (Å²) in [6, 6.07) is 5.85. The Bertz CT molecular complexity index is 584. The van der Waals surface area contributed by atoms with Crippen LogP contribution in [0.4, 0.5) is 8.78 Å². The standard InChI is InChI=1S/C15H19F2N3O/c1-10(2)8-20-14(18-9-19-20)7-13(21)11-4-3-5-12(6-11)15(16)17/h3-6,9-10,13,15,21H,7-8H2,1-2H3. The number of rotatable bonds is 6. The molecule has 1 N–H and O–H groups in total. The Kier molecular flexibility index (Phi) is 5.01. The van der Waals surface area contributed by atoms with Crippen molar-refractivity contribution in [2.45, 2.75) is 39.3 Å². The minimum atomic E-state index is -2.54. The fraction of sp³-hybridized carbons (Fsp3) is 0.467. The number of aromatic nitrogens is 3. The van der Waals surface area contributed by atoms with E-state index in [1.807, 2.05) is 0 Å². The summed E-state index contributed by atoms with van der Waals surface area (Å²) in [4.78, 5) is 4.14. The van der Waals surface area contributed by atoms with Gasteiger partial charge < -0.3 is 5.11 Å². The highest BCUT2D eigenvalue weighted by molar-refractivity contribution is 5.26. The van der Waals surface area contributed by atoms with Gasteiger partial charge in [0.2, 0.25) is 0 Å². The first-order valence-corrected chi connectivity index (χ1v) is 6.90. The molecule has 0 fully saturated rings. The van der Waals surface area contributed by atoms with Crippen molar-refractivity contribution in [1.29, 1.82) is 0 Å². The predicted molar refractivity (Wildman–Crippen MR) is 74.9 cm³/mol. The van der Waals surface area contributed by atoms with E-state index in [1.165, 1.54) is 24.5 Å². The van der Waals surface area contributed by atoms with Gasteiger partial charge in [0.1, 0.15) is 12.2 Å². The van der Waals surface area contributed by atoms with E-state index in [-0.39, 0.29) is 12.0 Å². The average Bonchev–Trinajstić information content (AvgIpc) is 2.85. The fourth-order valence-corrected chi connectivity index (χ4v) is 2.14. The molecule has 0 bridgehead atoms. The highest BCUT2D eigenvalue weighted by Crippen LogP contribution is 2.24. The van der Waals surface area contributed by atoms with Crippen LogP contribution in [0.25, 0.3) is 0 Å². The van der Waals surface area contributed by atoms with Crippen molar-refractivity contribution >= 4 is 0 Å². The molecule has 6 heteroatoms. The zero-order chi connectivity index (χ0) is 15.4. The molecule has 4 nitrogen and oxygen atoms in total. The molecule has 0 saturated heterocycles. The maximum atomic E-state index is 12.7. The average molecular weight is 295 g/mol. The van der Waals surface area contributed by atoms with Crippen LogP contribution in [0.5, 0.6) is 0 Å². The van der Waals surface area contributed by atoms with Crippen molar-refractivity contribution in [3.8, 4) is 0 Å². The highest BCUT2D eigenvalue weighted by atomic mass is 19.3. The molecule has 0 aliphatic rings. The SMILES string of the molecule is CC(C)Cn1ncnc1CC(O)c1cccc(C(F)F)c1. The molecule has 0 aliphatic heterocycles. The van der Waals surface area contributed by atoms with E-state index in [0.29, 0.717) is 23.9 Å². The van der Waals surface area contributed by atoms with Gasteiger partial charge in [-0.15, -0.1) is 0 Å². The van der Waals surface area contributed by atoms with Gasteiger partial charge in [0.25, 0.3) is 6.43 Å². The lowest BCUT2D eigenvalue weighted by molar-refractivity contribution is 0.149. The van der Waals surface area contributed by atoms with Gasteiger partial charge >= 0.3 is 0 Å². The molecule has 1 heterocycles. The molecule has 0 aliphatic carbocycles. The summed E-state index contributed by atoms with van der Waals surface area (Å²) in [7, 11) is 0. The van der Waals surface area contributed by atoms with Crippen molar-refractivity contribution in [2.75, 3.05) is 0 Å². The number of nitrogens with zero attached hydrogens (tertiary/aromatic N) is 3. The monoisotopic (exact) mass is 295 g/mol. The van der Waals surface area contributed by atoms with Gasteiger partial charge in [-0.05, 0) is 17.5 Å². The third-order valence-corrected chi connectivity index (χ3v) is 3.16. The Hall–Kier alpha value is -1.82. The predicted octanol–water partition coefficient (Wildman–Crippen LogP) is 3.15. The molecule has 2 aromatic rings. The molecule has 1 atom stereocenters. The molecule has 21 heavy (non-hydrogen) atoms. The van der Waals surface area contributed by atoms with Gasteiger partial charge in [-0.1, -0.05) is 32.0 Å². The van der Waals surface area contributed by atoms with Crippen molar-refractivity contribution in [3.63, 3.8) is 0 Å². The van der Waals surface area contributed by atoms with Crippen LogP contribution in [-0.2, 0) is 13.0 Å². The molecule has 114 valence electrons. The summed E-state index contributed by atoms with van der Waals surface area (Å²) in [5, 5.41) is 14.4. The van der Waals surface area contributed by atoms with Crippen molar-refractivity contribution in [3.05, 3.63) is 47.5 Å². The first kappa shape index (κ1) is 15.6. The lowest BCUT2D eigenvalue weighted by atomic mass is 10.0. The molecule has 0 spiro atoms. The largest absolute Gasteiger partial charge is 0.388 e. The van der Waals surface area contributed by atoms with Crippen LogP contribution in [0.15, 0.2) is 30.6 Å². The van der Waals surface area contributed by atoms with Crippen molar-refractivity contribution in [1.82, 2.24) is 14.8 Å². The third-order valence-electron chi connectivity index (χ3n) is 3.16. The first-order chi connectivity index (χ1) is 9.97. The lowest BCUT2D eigenvalue weighted by Gasteiger charge is -2.13. The van der Waals surface area contributed by atoms with Gasteiger partial charge in [-0.25, -0.2) is 18.4 Å². The van der Waals surface area contributed by atoms with Crippen molar-refractivity contribution < 1.29 is 13.9 Å². The second-order valence-corrected chi connectivity index (χ2v) is 5.44. The van der Waals surface area contributed by atoms with Gasteiger partial charge in [0.15, 0.2) is 0 Å². The van der Waals surface area contributed by atoms with Gasteiger partial charge in [0.05, 0.1) is 6.10 Å². The van der Waals surface area contributed by atoms with Crippen LogP contribution in [0.2, 0.25) is 0 Å². The molecule has 0 radical (unpaired) electrons. The van der Waals surface area contributed by atoms with Crippen LogP contribution in [0.3, 0.4) is 0 Å². The Morgan fingerprint density at radius 2 is 1.95 bits per heavy atom. The second-order valence-electron chi connectivity index (χ2n) is 5.44. The minimum absolute atomic E-state index is 0.0878. The summed E-state index contributed by atoms with van der Waals surface area (Å²) >= 11 is 0. The highest BCUT2D eigenvalue weighted by Gasteiger charge is 2.16. The number of alkyl halides is 2. The number of aliphatic hydroxyl groups is 1. The topological polar surface area (TPSA) is 50.9 Å². The zero-order valence-corrected chi connectivity index (χ0v) is 12.1. The molecule has 1 aromatic heterocycles. The van der Waals surface area contributed by atoms with Crippen LogP contribution < -0.4 is 0 Å². The summed E-state index contributed by atoms with van der Waals surface area (Å²) in [6.07, 6.45) is -1.72. The van der Waals surface area contributed by atoms with Gasteiger partial charge in [-0.2, -0.15) is 5.10 Å². The Morgan fingerprint density at radius 1 is 1.24 bits per heavy atom. The second kappa shape index (κ2) is 6.76. The van der Waals surface area contributed by atoms with E-state index in [4.69, 9.17) is 0 Å². The smallest absolute Gasteiger partial charge is 0.263 e. The van der Waals surface area contributed by atoms with Crippen LogP contribution in [0, 0.1) is 5.92 Å². The molecule has 0 saturated carbocycles. The Morgan fingerprint density at radius 3 is 2.62 bits per heavy atom. The van der Waals surface area contributed by atoms with Gasteiger partial charge in [-0.3, -0.25) is 0 Å². The molecule has 2 rings (SSSR count). The van der Waals surface area contributed by atoms with E-state index in [2.05, 4.69) is 23.9 Å². The Labute approximate surface area is 122 Å². The first-order valence-electron chi connectivity index (χ1n) is 6.90. The molecular weight excluding hydrogens is 276 g/mol. The molecule has 1 aromatic carbocycles. The van der Waals surface area contributed by atoms with E-state index in [0.717, 1.165) is 0 Å². The maximum absolute atomic E-state index is 12.7. The van der Waals surface area contributed by atoms with E-state index in [9.17, 15) is 13.9 Å². The van der Waals surface area contributed by atoms with Crippen LogP contribution >= 0.6 is 0 Å². The maximum Gasteiger partial charge on any atom is 0.263 e. The van der Waals surface area contributed by atoms with E-state index in [1.54, 1.807) is 10.7 Å². The van der Waals surface area contributed by atoms with Crippen LogP contribution in [-0.4, -0.2) is 19.9 Å². The van der Waals surface area contributed by atoms with Crippen LogP contribution in [0.1, 0.15) is 43.3 Å². The minimum Gasteiger partial charge on any atom is -0.388 e. The molecular formula is C15H19F2N3O. The Balaban J connectivity index is 2.13.